The summed E-state index contributed by atoms with van der Waals surface area (Å²) in [5.74, 6) is 0.557. The second-order valence-electron chi connectivity index (χ2n) is 5.40. The largest absolute Gasteiger partial charge is 0.327 e. The van der Waals surface area contributed by atoms with Gasteiger partial charge in [0.1, 0.15) is 0 Å². The van der Waals surface area contributed by atoms with E-state index in [1.807, 2.05) is 24.3 Å². The lowest BCUT2D eigenvalue weighted by Gasteiger charge is -2.15. The van der Waals surface area contributed by atoms with E-state index in [-0.39, 0.29) is 17.9 Å². The van der Waals surface area contributed by atoms with Crippen LogP contribution in [0.1, 0.15) is 19.3 Å². The van der Waals surface area contributed by atoms with Crippen LogP contribution in [0.4, 0.5) is 5.69 Å². The highest BCUT2D eigenvalue weighted by molar-refractivity contribution is 5.93. The topological polar surface area (TPSA) is 98.7 Å². The van der Waals surface area contributed by atoms with Gasteiger partial charge in [-0.25, -0.2) is 4.68 Å². The van der Waals surface area contributed by atoms with Crippen LogP contribution in [-0.4, -0.2) is 32.2 Å². The van der Waals surface area contributed by atoms with E-state index in [1.54, 1.807) is 11.7 Å². The Balaban J connectivity index is 1.77. The molecule has 3 rings (SSSR count). The van der Waals surface area contributed by atoms with Gasteiger partial charge in [0, 0.05) is 24.3 Å². The zero-order chi connectivity index (χ0) is 14.8. The van der Waals surface area contributed by atoms with Crippen molar-refractivity contribution in [2.45, 2.75) is 25.3 Å². The number of hydrogen-bond donors (Lipinski definition) is 2. The first kappa shape index (κ1) is 13.7. The minimum Gasteiger partial charge on any atom is -0.327 e. The van der Waals surface area contributed by atoms with Crippen molar-refractivity contribution in [1.82, 2.24) is 20.2 Å². The van der Waals surface area contributed by atoms with E-state index < -0.39 is 0 Å². The summed E-state index contributed by atoms with van der Waals surface area (Å²) in [7, 11) is 1.78. The Bertz CT molecular complexity index is 652. The molecule has 3 N–H and O–H groups in total. The number of aryl methyl sites for hydroxylation is 1. The maximum absolute atomic E-state index is 12.3. The van der Waals surface area contributed by atoms with Crippen LogP contribution < -0.4 is 11.1 Å². The number of amides is 1. The van der Waals surface area contributed by atoms with Crippen LogP contribution in [0.15, 0.2) is 24.3 Å². The Labute approximate surface area is 122 Å². The standard InChI is InChI=1S/C14H18N6O/c1-20-13(17-18-19-20)9-4-2-5-10(8-9)16-14(21)11-6-3-7-12(11)15/h2,4-5,8,11-12H,3,6-7,15H2,1H3,(H,16,21). The van der Waals surface area contributed by atoms with Crippen molar-refractivity contribution in [3.63, 3.8) is 0 Å². The zero-order valence-electron chi connectivity index (χ0n) is 11.9. The number of nitrogens with two attached hydrogens (primary N) is 1. The first-order chi connectivity index (χ1) is 10.1. The van der Waals surface area contributed by atoms with Gasteiger partial charge in [-0.3, -0.25) is 4.79 Å². The van der Waals surface area contributed by atoms with E-state index in [9.17, 15) is 4.79 Å². The van der Waals surface area contributed by atoms with Crippen molar-refractivity contribution in [1.29, 1.82) is 0 Å². The Kier molecular flexibility index (Phi) is 3.66. The predicted octanol–water partition coefficient (Wildman–Crippen LogP) is 0.943. The number of benzene rings is 1. The molecule has 2 unspecified atom stereocenters. The summed E-state index contributed by atoms with van der Waals surface area (Å²) in [6, 6.07) is 7.46. The number of rotatable bonds is 3. The molecular weight excluding hydrogens is 268 g/mol. The van der Waals surface area contributed by atoms with Gasteiger partial charge in [0.15, 0.2) is 5.82 Å². The minimum atomic E-state index is -0.0925. The third kappa shape index (κ3) is 2.78. The lowest BCUT2D eigenvalue weighted by molar-refractivity contribution is -0.120. The molecule has 7 heteroatoms. The SMILES string of the molecule is Cn1nnnc1-c1cccc(NC(=O)C2CCCC2N)c1. The maximum atomic E-state index is 12.3. The predicted molar refractivity (Wildman–Crippen MR) is 78.2 cm³/mol. The van der Waals surface area contributed by atoms with Crippen molar-refractivity contribution >= 4 is 11.6 Å². The fourth-order valence-electron chi connectivity index (χ4n) is 2.76. The quantitative estimate of drug-likeness (QED) is 0.875. The highest BCUT2D eigenvalue weighted by atomic mass is 16.1. The molecule has 0 radical (unpaired) electrons. The molecule has 0 spiro atoms. The van der Waals surface area contributed by atoms with E-state index in [0.717, 1.165) is 30.5 Å². The van der Waals surface area contributed by atoms with Gasteiger partial charge in [0.25, 0.3) is 0 Å². The zero-order valence-corrected chi connectivity index (χ0v) is 11.9. The molecule has 1 aromatic carbocycles. The normalized spacial score (nSPS) is 21.4. The average Bonchev–Trinajstić information content (AvgIpc) is 3.07. The van der Waals surface area contributed by atoms with Gasteiger partial charge in [0.05, 0.1) is 5.92 Å². The van der Waals surface area contributed by atoms with Gasteiger partial charge in [-0.1, -0.05) is 18.6 Å². The van der Waals surface area contributed by atoms with Crippen LogP contribution >= 0.6 is 0 Å². The number of hydrogen-bond acceptors (Lipinski definition) is 5. The minimum absolute atomic E-state index is 0.00626. The first-order valence-electron chi connectivity index (χ1n) is 7.04. The number of carbonyl (C=O) groups is 1. The summed E-state index contributed by atoms with van der Waals surface area (Å²) >= 11 is 0. The average molecular weight is 286 g/mol. The molecule has 7 nitrogen and oxygen atoms in total. The number of nitrogens with one attached hydrogen (secondary N) is 1. The van der Waals surface area contributed by atoms with Crippen LogP contribution in [0.25, 0.3) is 11.4 Å². The fraction of sp³-hybridized carbons (Fsp3) is 0.429. The smallest absolute Gasteiger partial charge is 0.229 e. The molecule has 21 heavy (non-hydrogen) atoms. The van der Waals surface area contributed by atoms with Gasteiger partial charge in [-0.05, 0) is 35.4 Å². The van der Waals surface area contributed by atoms with Gasteiger partial charge < -0.3 is 11.1 Å². The Morgan fingerprint density at radius 1 is 1.43 bits per heavy atom. The monoisotopic (exact) mass is 286 g/mol. The van der Waals surface area contributed by atoms with Crippen LogP contribution in [-0.2, 0) is 11.8 Å². The summed E-state index contributed by atoms with van der Waals surface area (Å²) in [6.07, 6.45) is 2.80. The van der Waals surface area contributed by atoms with E-state index in [0.29, 0.717) is 5.82 Å². The highest BCUT2D eigenvalue weighted by Crippen LogP contribution is 2.26. The number of tetrazole rings is 1. The van der Waals surface area contributed by atoms with Crippen molar-refractivity contribution in [3.8, 4) is 11.4 Å². The molecule has 1 aliphatic carbocycles. The Morgan fingerprint density at radius 3 is 2.95 bits per heavy atom. The molecule has 1 fully saturated rings. The van der Waals surface area contributed by atoms with Gasteiger partial charge in [-0.15, -0.1) is 5.10 Å². The van der Waals surface area contributed by atoms with Gasteiger partial charge in [-0.2, -0.15) is 0 Å². The third-order valence-corrected chi connectivity index (χ3v) is 3.91. The molecule has 0 bridgehead atoms. The second kappa shape index (κ2) is 5.61. The number of nitrogens with zero attached hydrogens (tertiary/aromatic N) is 4. The van der Waals surface area contributed by atoms with Crippen molar-refractivity contribution in [2.75, 3.05) is 5.32 Å². The second-order valence-corrected chi connectivity index (χ2v) is 5.40. The van der Waals surface area contributed by atoms with Crippen LogP contribution in [0.3, 0.4) is 0 Å². The molecule has 1 amide bonds. The van der Waals surface area contributed by atoms with Gasteiger partial charge >= 0.3 is 0 Å². The molecule has 1 aromatic heterocycles. The van der Waals surface area contributed by atoms with E-state index in [2.05, 4.69) is 20.8 Å². The summed E-state index contributed by atoms with van der Waals surface area (Å²) in [6.45, 7) is 0. The molecule has 2 atom stereocenters. The van der Waals surface area contributed by atoms with Crippen molar-refractivity contribution in [2.24, 2.45) is 18.7 Å². The summed E-state index contributed by atoms with van der Waals surface area (Å²) in [5, 5.41) is 14.3. The molecule has 2 aromatic rings. The summed E-state index contributed by atoms with van der Waals surface area (Å²) < 4.78 is 1.59. The summed E-state index contributed by atoms with van der Waals surface area (Å²) in [4.78, 5) is 12.3. The molecule has 1 heterocycles. The summed E-state index contributed by atoms with van der Waals surface area (Å²) in [5.41, 5.74) is 7.56. The molecule has 110 valence electrons. The van der Waals surface area contributed by atoms with Crippen molar-refractivity contribution in [3.05, 3.63) is 24.3 Å². The molecule has 0 saturated heterocycles. The molecular formula is C14H18N6O. The lowest BCUT2D eigenvalue weighted by Crippen LogP contribution is -2.34. The highest BCUT2D eigenvalue weighted by Gasteiger charge is 2.30. The number of anilines is 1. The Hall–Kier alpha value is -2.28. The van der Waals surface area contributed by atoms with E-state index in [1.165, 1.54) is 0 Å². The van der Waals surface area contributed by atoms with Crippen LogP contribution in [0.5, 0.6) is 0 Å². The van der Waals surface area contributed by atoms with Crippen LogP contribution in [0.2, 0.25) is 0 Å². The van der Waals surface area contributed by atoms with E-state index in [4.69, 9.17) is 5.73 Å². The maximum Gasteiger partial charge on any atom is 0.229 e. The molecule has 1 saturated carbocycles. The van der Waals surface area contributed by atoms with Crippen molar-refractivity contribution < 1.29 is 4.79 Å². The van der Waals surface area contributed by atoms with Gasteiger partial charge in [0.2, 0.25) is 5.91 Å². The molecule has 0 aliphatic heterocycles. The lowest BCUT2D eigenvalue weighted by atomic mass is 10.0. The fourth-order valence-corrected chi connectivity index (χ4v) is 2.76. The van der Waals surface area contributed by atoms with Crippen LogP contribution in [0, 0.1) is 5.92 Å². The number of carbonyl (C=O) groups excluding carboxylic acids is 1. The van der Waals surface area contributed by atoms with E-state index >= 15 is 0 Å². The number of aromatic nitrogens is 4. The molecule has 1 aliphatic rings. The first-order valence-corrected chi connectivity index (χ1v) is 7.04. The third-order valence-electron chi connectivity index (χ3n) is 3.91. The Morgan fingerprint density at radius 2 is 2.29 bits per heavy atom.